The molecule has 1 unspecified atom stereocenters. The standard InChI is InChI=1S/C25H24OSi/c1-27(2,3)18-17-25(26,19-11-5-4-6-12-19)24-22-15-9-7-13-20(22)21-14-8-10-16-23(21)24/h4-16,24,26H,1-3H3. The molecular formula is C25H24OSi. The van der Waals surface area contributed by atoms with Crippen molar-refractivity contribution in [3.63, 3.8) is 0 Å². The molecule has 2 heteroatoms. The van der Waals surface area contributed by atoms with Gasteiger partial charge >= 0.3 is 0 Å². The zero-order valence-electron chi connectivity index (χ0n) is 16.0. The van der Waals surface area contributed by atoms with Crippen molar-refractivity contribution in [1.82, 2.24) is 0 Å². The van der Waals surface area contributed by atoms with Gasteiger partial charge in [0.15, 0.2) is 5.60 Å². The third-order valence-corrected chi connectivity index (χ3v) is 5.97. The van der Waals surface area contributed by atoms with Gasteiger partial charge in [0.05, 0.1) is 5.92 Å². The summed E-state index contributed by atoms with van der Waals surface area (Å²) >= 11 is 0. The van der Waals surface area contributed by atoms with Crippen molar-refractivity contribution in [2.75, 3.05) is 0 Å². The van der Waals surface area contributed by atoms with E-state index in [-0.39, 0.29) is 5.92 Å². The Labute approximate surface area is 162 Å². The van der Waals surface area contributed by atoms with Crippen LogP contribution in [0.4, 0.5) is 0 Å². The number of hydrogen-bond acceptors (Lipinski definition) is 1. The Hall–Kier alpha value is -2.60. The summed E-state index contributed by atoms with van der Waals surface area (Å²) in [7, 11) is -1.66. The quantitative estimate of drug-likeness (QED) is 0.463. The lowest BCUT2D eigenvalue weighted by molar-refractivity contribution is 0.0831. The molecule has 0 aromatic heterocycles. The van der Waals surface area contributed by atoms with E-state index >= 15 is 0 Å². The molecule has 3 aromatic carbocycles. The van der Waals surface area contributed by atoms with Crippen LogP contribution in [0.5, 0.6) is 0 Å². The average Bonchev–Trinajstić information content (AvgIpc) is 3.01. The first-order chi connectivity index (χ1) is 12.9. The van der Waals surface area contributed by atoms with Gasteiger partial charge in [-0.05, 0) is 27.8 Å². The van der Waals surface area contributed by atoms with Crippen molar-refractivity contribution in [2.45, 2.75) is 31.2 Å². The van der Waals surface area contributed by atoms with E-state index in [1.54, 1.807) is 0 Å². The first-order valence-electron chi connectivity index (χ1n) is 9.41. The van der Waals surface area contributed by atoms with Crippen LogP contribution in [0.15, 0.2) is 78.9 Å². The smallest absolute Gasteiger partial charge is 0.161 e. The van der Waals surface area contributed by atoms with E-state index in [0.717, 1.165) is 16.7 Å². The molecule has 0 spiro atoms. The van der Waals surface area contributed by atoms with Crippen LogP contribution in [-0.2, 0) is 5.60 Å². The lowest BCUT2D eigenvalue weighted by Crippen LogP contribution is -2.33. The van der Waals surface area contributed by atoms with Gasteiger partial charge in [0.25, 0.3) is 0 Å². The monoisotopic (exact) mass is 368 g/mol. The summed E-state index contributed by atoms with van der Waals surface area (Å²) in [6.45, 7) is 6.63. The van der Waals surface area contributed by atoms with E-state index in [9.17, 15) is 5.11 Å². The predicted molar refractivity (Wildman–Crippen MR) is 115 cm³/mol. The molecule has 1 aliphatic carbocycles. The van der Waals surface area contributed by atoms with E-state index < -0.39 is 13.7 Å². The third-order valence-electron chi connectivity index (χ3n) is 5.09. The normalized spacial score (nSPS) is 15.3. The molecule has 0 amide bonds. The zero-order chi connectivity index (χ0) is 19.1. The van der Waals surface area contributed by atoms with Crippen LogP contribution in [0, 0.1) is 11.5 Å². The van der Waals surface area contributed by atoms with Gasteiger partial charge in [-0.1, -0.05) is 104 Å². The molecule has 1 nitrogen and oxygen atoms in total. The summed E-state index contributed by atoms with van der Waals surface area (Å²) < 4.78 is 0. The highest BCUT2D eigenvalue weighted by molar-refractivity contribution is 6.83. The molecule has 1 atom stereocenters. The van der Waals surface area contributed by atoms with Crippen molar-refractivity contribution in [3.05, 3.63) is 95.6 Å². The maximum atomic E-state index is 12.1. The Bertz CT molecular complexity index is 991. The van der Waals surface area contributed by atoms with Gasteiger partial charge in [-0.25, -0.2) is 0 Å². The number of fused-ring (bicyclic) bond motifs is 3. The molecular weight excluding hydrogens is 344 g/mol. The fourth-order valence-corrected chi connectivity index (χ4v) is 4.46. The van der Waals surface area contributed by atoms with E-state index in [1.165, 1.54) is 11.1 Å². The Kier molecular flexibility index (Phi) is 4.30. The maximum Gasteiger partial charge on any atom is 0.161 e. The highest BCUT2D eigenvalue weighted by Gasteiger charge is 2.44. The Balaban J connectivity index is 2.00. The van der Waals surface area contributed by atoms with Gasteiger partial charge in [0.1, 0.15) is 8.07 Å². The van der Waals surface area contributed by atoms with Gasteiger partial charge in [-0.3, -0.25) is 0 Å². The Morgan fingerprint density at radius 1 is 0.741 bits per heavy atom. The van der Waals surface area contributed by atoms with Gasteiger partial charge in [-0.2, -0.15) is 0 Å². The molecule has 0 heterocycles. The first-order valence-corrected chi connectivity index (χ1v) is 12.9. The van der Waals surface area contributed by atoms with Gasteiger partial charge in [-0.15, -0.1) is 5.54 Å². The van der Waals surface area contributed by atoms with Crippen LogP contribution in [0.2, 0.25) is 19.6 Å². The van der Waals surface area contributed by atoms with E-state index in [2.05, 4.69) is 79.6 Å². The minimum absolute atomic E-state index is 0.198. The molecule has 0 aliphatic heterocycles. The maximum absolute atomic E-state index is 12.1. The van der Waals surface area contributed by atoms with Crippen LogP contribution >= 0.6 is 0 Å². The minimum Gasteiger partial charge on any atom is -0.372 e. The van der Waals surface area contributed by atoms with Crippen LogP contribution in [-0.4, -0.2) is 13.2 Å². The molecule has 0 bridgehead atoms. The van der Waals surface area contributed by atoms with Gasteiger partial charge in [0, 0.05) is 0 Å². The summed E-state index contributed by atoms with van der Waals surface area (Å²) in [4.78, 5) is 0. The summed E-state index contributed by atoms with van der Waals surface area (Å²) in [6, 6.07) is 26.7. The number of aliphatic hydroxyl groups is 1. The van der Waals surface area contributed by atoms with Crippen molar-refractivity contribution in [1.29, 1.82) is 0 Å². The second-order valence-electron chi connectivity index (χ2n) is 8.24. The summed E-state index contributed by atoms with van der Waals surface area (Å²) in [5.74, 6) is 3.15. The Morgan fingerprint density at radius 2 is 1.22 bits per heavy atom. The van der Waals surface area contributed by atoms with Crippen LogP contribution in [0.3, 0.4) is 0 Å². The molecule has 1 N–H and O–H groups in total. The molecule has 3 aromatic rings. The number of hydrogen-bond donors (Lipinski definition) is 1. The summed E-state index contributed by atoms with van der Waals surface area (Å²) in [5, 5.41) is 12.1. The second kappa shape index (κ2) is 6.53. The van der Waals surface area contributed by atoms with E-state index in [4.69, 9.17) is 0 Å². The molecule has 0 fully saturated rings. The first kappa shape index (κ1) is 17.8. The highest BCUT2D eigenvalue weighted by atomic mass is 28.3. The molecule has 27 heavy (non-hydrogen) atoms. The highest BCUT2D eigenvalue weighted by Crippen LogP contribution is 2.52. The lowest BCUT2D eigenvalue weighted by atomic mass is 9.76. The summed E-state index contributed by atoms with van der Waals surface area (Å²) in [5.41, 5.74) is 7.72. The average molecular weight is 369 g/mol. The van der Waals surface area contributed by atoms with Gasteiger partial charge < -0.3 is 5.11 Å². The molecule has 134 valence electrons. The van der Waals surface area contributed by atoms with Crippen LogP contribution in [0.1, 0.15) is 22.6 Å². The lowest BCUT2D eigenvalue weighted by Gasteiger charge is -2.32. The molecule has 1 aliphatic rings. The SMILES string of the molecule is C[Si](C)(C)C#CC(O)(c1ccccc1)C1c2ccccc2-c2ccccc21. The molecule has 0 saturated carbocycles. The topological polar surface area (TPSA) is 20.2 Å². The zero-order valence-corrected chi connectivity index (χ0v) is 17.0. The number of benzene rings is 3. The fourth-order valence-electron chi connectivity index (χ4n) is 3.89. The van der Waals surface area contributed by atoms with E-state index in [1.807, 2.05) is 30.3 Å². The van der Waals surface area contributed by atoms with Crippen molar-refractivity contribution < 1.29 is 5.11 Å². The summed E-state index contributed by atoms with van der Waals surface area (Å²) in [6.07, 6.45) is 0. The van der Waals surface area contributed by atoms with Crippen LogP contribution in [0.25, 0.3) is 11.1 Å². The van der Waals surface area contributed by atoms with Crippen LogP contribution < -0.4 is 0 Å². The minimum atomic E-state index is -1.66. The third kappa shape index (κ3) is 3.14. The Morgan fingerprint density at radius 3 is 1.74 bits per heavy atom. The molecule has 0 saturated heterocycles. The predicted octanol–water partition coefficient (Wildman–Crippen LogP) is 5.57. The van der Waals surface area contributed by atoms with Gasteiger partial charge in [0.2, 0.25) is 0 Å². The number of rotatable bonds is 2. The van der Waals surface area contributed by atoms with Crippen molar-refractivity contribution in [2.24, 2.45) is 0 Å². The van der Waals surface area contributed by atoms with Crippen molar-refractivity contribution in [3.8, 4) is 22.6 Å². The molecule has 0 radical (unpaired) electrons. The largest absolute Gasteiger partial charge is 0.372 e. The van der Waals surface area contributed by atoms with Crippen molar-refractivity contribution >= 4 is 8.07 Å². The second-order valence-corrected chi connectivity index (χ2v) is 13.0. The fraction of sp³-hybridized carbons (Fsp3) is 0.200. The van der Waals surface area contributed by atoms with E-state index in [0.29, 0.717) is 0 Å². The molecule has 4 rings (SSSR count).